The van der Waals surface area contributed by atoms with Gasteiger partial charge in [0.15, 0.2) is 0 Å². The van der Waals surface area contributed by atoms with E-state index >= 15 is 0 Å². The van der Waals surface area contributed by atoms with Crippen molar-refractivity contribution in [1.82, 2.24) is 5.32 Å². The number of hydrogen-bond acceptors (Lipinski definition) is 3. The average Bonchev–Trinajstić information content (AvgIpc) is 3.24. The zero-order valence-corrected chi connectivity index (χ0v) is 12.3. The van der Waals surface area contributed by atoms with Crippen molar-refractivity contribution in [2.45, 2.75) is 57.5 Å². The first-order valence-electron chi connectivity index (χ1n) is 7.79. The molecular weight excluding hydrogens is 256 g/mol. The van der Waals surface area contributed by atoms with Gasteiger partial charge in [-0.1, -0.05) is 19.8 Å². The average molecular weight is 282 g/mol. The lowest BCUT2D eigenvalue weighted by Crippen LogP contribution is -2.42. The molecule has 114 valence electrons. The van der Waals surface area contributed by atoms with Crippen molar-refractivity contribution in [3.05, 3.63) is 0 Å². The van der Waals surface area contributed by atoms with Crippen LogP contribution >= 0.6 is 0 Å². The standard InChI is InChI=1S/C15H26N2O3/c1-2-15(10-20-15)8-5-9-17-14(19)12-7-4-3-6-11(12)13(16)18/h11-12H,2-10H2,1H3,(H2,16,18)(H,17,19). The Hall–Kier alpha value is -1.10. The quantitative estimate of drug-likeness (QED) is 0.546. The van der Waals surface area contributed by atoms with Gasteiger partial charge in [0.2, 0.25) is 11.8 Å². The Morgan fingerprint density at radius 2 is 1.95 bits per heavy atom. The van der Waals surface area contributed by atoms with Crippen LogP contribution in [0.2, 0.25) is 0 Å². The second-order valence-corrected chi connectivity index (χ2v) is 6.12. The molecule has 0 radical (unpaired) electrons. The number of rotatable bonds is 7. The molecule has 5 heteroatoms. The van der Waals surface area contributed by atoms with E-state index in [1.807, 2.05) is 0 Å². The van der Waals surface area contributed by atoms with Gasteiger partial charge in [0.05, 0.1) is 12.2 Å². The van der Waals surface area contributed by atoms with Crippen molar-refractivity contribution >= 4 is 11.8 Å². The summed E-state index contributed by atoms with van der Waals surface area (Å²) in [4.78, 5) is 23.6. The normalized spacial score (nSPS) is 32.6. The van der Waals surface area contributed by atoms with Crippen molar-refractivity contribution < 1.29 is 14.3 Å². The highest BCUT2D eigenvalue weighted by molar-refractivity contribution is 5.87. The van der Waals surface area contributed by atoms with Crippen LogP contribution in [-0.4, -0.2) is 30.6 Å². The van der Waals surface area contributed by atoms with Crippen molar-refractivity contribution in [2.24, 2.45) is 17.6 Å². The summed E-state index contributed by atoms with van der Waals surface area (Å²) in [5, 5.41) is 2.96. The van der Waals surface area contributed by atoms with Gasteiger partial charge in [-0.3, -0.25) is 9.59 Å². The molecule has 20 heavy (non-hydrogen) atoms. The molecule has 0 aromatic heterocycles. The number of epoxide rings is 1. The van der Waals surface area contributed by atoms with E-state index in [-0.39, 0.29) is 29.3 Å². The van der Waals surface area contributed by atoms with Crippen LogP contribution in [0.5, 0.6) is 0 Å². The van der Waals surface area contributed by atoms with Crippen LogP contribution in [0, 0.1) is 11.8 Å². The monoisotopic (exact) mass is 282 g/mol. The number of carbonyl (C=O) groups excluding carboxylic acids is 2. The molecule has 1 aliphatic heterocycles. The van der Waals surface area contributed by atoms with E-state index in [1.165, 1.54) is 0 Å². The molecule has 2 rings (SSSR count). The first kappa shape index (κ1) is 15.3. The maximum absolute atomic E-state index is 12.2. The zero-order chi connectivity index (χ0) is 14.6. The summed E-state index contributed by atoms with van der Waals surface area (Å²) < 4.78 is 5.44. The molecule has 0 aromatic carbocycles. The van der Waals surface area contributed by atoms with Crippen LogP contribution in [0.3, 0.4) is 0 Å². The second kappa shape index (κ2) is 6.57. The molecule has 2 aliphatic rings. The second-order valence-electron chi connectivity index (χ2n) is 6.12. The third-order valence-electron chi connectivity index (χ3n) is 4.77. The SMILES string of the molecule is CCC1(CCCNC(=O)C2CCCCC2C(N)=O)CO1. The third kappa shape index (κ3) is 3.72. The molecule has 2 fully saturated rings. The number of amides is 2. The van der Waals surface area contributed by atoms with Gasteiger partial charge in [-0.2, -0.15) is 0 Å². The molecule has 3 atom stereocenters. The number of nitrogens with two attached hydrogens (primary N) is 1. The minimum absolute atomic E-state index is 0.00392. The zero-order valence-electron chi connectivity index (χ0n) is 12.3. The van der Waals surface area contributed by atoms with Gasteiger partial charge >= 0.3 is 0 Å². The van der Waals surface area contributed by atoms with Gasteiger partial charge in [-0.25, -0.2) is 0 Å². The van der Waals surface area contributed by atoms with Crippen LogP contribution in [0.15, 0.2) is 0 Å². The molecule has 5 nitrogen and oxygen atoms in total. The molecule has 0 bridgehead atoms. The summed E-state index contributed by atoms with van der Waals surface area (Å²) in [5.41, 5.74) is 5.49. The van der Waals surface area contributed by atoms with E-state index in [0.29, 0.717) is 6.54 Å². The summed E-state index contributed by atoms with van der Waals surface area (Å²) in [6.45, 7) is 3.64. The highest BCUT2D eigenvalue weighted by atomic mass is 16.6. The first-order chi connectivity index (χ1) is 9.58. The van der Waals surface area contributed by atoms with Crippen molar-refractivity contribution in [2.75, 3.05) is 13.2 Å². The fourth-order valence-electron chi connectivity index (χ4n) is 3.17. The van der Waals surface area contributed by atoms with Gasteiger partial charge < -0.3 is 15.8 Å². The molecule has 1 saturated carbocycles. The van der Waals surface area contributed by atoms with E-state index in [9.17, 15) is 9.59 Å². The summed E-state index contributed by atoms with van der Waals surface area (Å²) in [5.74, 6) is -0.840. The van der Waals surface area contributed by atoms with E-state index in [2.05, 4.69) is 12.2 Å². The van der Waals surface area contributed by atoms with E-state index in [4.69, 9.17) is 10.5 Å². The molecular formula is C15H26N2O3. The van der Waals surface area contributed by atoms with E-state index in [0.717, 1.165) is 51.6 Å². The minimum Gasteiger partial charge on any atom is -0.370 e. The van der Waals surface area contributed by atoms with Gasteiger partial charge in [-0.05, 0) is 32.1 Å². The number of hydrogen-bond donors (Lipinski definition) is 2. The van der Waals surface area contributed by atoms with Crippen molar-refractivity contribution in [3.63, 3.8) is 0 Å². The summed E-state index contributed by atoms with van der Waals surface area (Å²) in [6.07, 6.45) is 6.48. The molecule has 3 unspecified atom stereocenters. The van der Waals surface area contributed by atoms with Crippen LogP contribution in [-0.2, 0) is 14.3 Å². The van der Waals surface area contributed by atoms with Crippen LogP contribution in [0.1, 0.15) is 51.9 Å². The number of carbonyl (C=O) groups is 2. The third-order valence-corrected chi connectivity index (χ3v) is 4.77. The molecule has 1 heterocycles. The van der Waals surface area contributed by atoms with Crippen LogP contribution in [0.25, 0.3) is 0 Å². The predicted molar refractivity (Wildman–Crippen MR) is 75.9 cm³/mol. The van der Waals surface area contributed by atoms with Gasteiger partial charge in [0, 0.05) is 18.4 Å². The number of primary amides is 1. The lowest BCUT2D eigenvalue weighted by atomic mass is 9.78. The molecule has 3 N–H and O–H groups in total. The van der Waals surface area contributed by atoms with Crippen LogP contribution < -0.4 is 11.1 Å². The lowest BCUT2D eigenvalue weighted by molar-refractivity contribution is -0.134. The smallest absolute Gasteiger partial charge is 0.223 e. The first-order valence-corrected chi connectivity index (χ1v) is 7.79. The number of nitrogens with one attached hydrogen (secondary N) is 1. The fraction of sp³-hybridized carbons (Fsp3) is 0.867. The minimum atomic E-state index is -0.332. The molecule has 1 saturated heterocycles. The fourth-order valence-corrected chi connectivity index (χ4v) is 3.17. The Morgan fingerprint density at radius 3 is 2.50 bits per heavy atom. The summed E-state index contributed by atoms with van der Waals surface area (Å²) >= 11 is 0. The molecule has 2 amide bonds. The Bertz CT molecular complexity index is 366. The summed E-state index contributed by atoms with van der Waals surface area (Å²) in [7, 11) is 0. The Balaban J connectivity index is 1.71. The Labute approximate surface area is 120 Å². The number of ether oxygens (including phenoxy) is 1. The maximum Gasteiger partial charge on any atom is 0.223 e. The van der Waals surface area contributed by atoms with E-state index < -0.39 is 0 Å². The highest BCUT2D eigenvalue weighted by Crippen LogP contribution is 2.35. The lowest BCUT2D eigenvalue weighted by Gasteiger charge is -2.28. The summed E-state index contributed by atoms with van der Waals surface area (Å²) in [6, 6.07) is 0. The molecule has 0 spiro atoms. The van der Waals surface area contributed by atoms with Crippen molar-refractivity contribution in [1.29, 1.82) is 0 Å². The van der Waals surface area contributed by atoms with Gasteiger partial charge in [-0.15, -0.1) is 0 Å². The van der Waals surface area contributed by atoms with Gasteiger partial charge in [0.25, 0.3) is 0 Å². The largest absolute Gasteiger partial charge is 0.370 e. The van der Waals surface area contributed by atoms with Crippen molar-refractivity contribution in [3.8, 4) is 0 Å². The Morgan fingerprint density at radius 1 is 1.30 bits per heavy atom. The highest BCUT2D eigenvalue weighted by Gasteiger charge is 2.41. The molecule has 0 aromatic rings. The van der Waals surface area contributed by atoms with E-state index in [1.54, 1.807) is 0 Å². The maximum atomic E-state index is 12.2. The topological polar surface area (TPSA) is 84.7 Å². The predicted octanol–water partition coefficient (Wildman–Crippen LogP) is 1.35. The van der Waals surface area contributed by atoms with Gasteiger partial charge in [0.1, 0.15) is 0 Å². The molecule has 1 aliphatic carbocycles. The van der Waals surface area contributed by atoms with Crippen LogP contribution in [0.4, 0.5) is 0 Å². The Kier molecular flexibility index (Phi) is 5.02.